The van der Waals surface area contributed by atoms with Gasteiger partial charge in [0.15, 0.2) is 0 Å². The number of thiazole rings is 1. The molecule has 2 aromatic rings. The van der Waals surface area contributed by atoms with Gasteiger partial charge in [-0.2, -0.15) is 0 Å². The Hall–Kier alpha value is -1.23. The monoisotopic (exact) mass is 287 g/mol. The predicted octanol–water partition coefficient (Wildman–Crippen LogP) is 2.99. The molecule has 0 radical (unpaired) electrons. The second kappa shape index (κ2) is 6.48. The van der Waals surface area contributed by atoms with Gasteiger partial charge in [0, 0.05) is 23.5 Å². The molecule has 0 saturated carbocycles. The fourth-order valence-corrected chi connectivity index (χ4v) is 3.60. The lowest BCUT2D eigenvalue weighted by molar-refractivity contribution is 0.188. The average Bonchev–Trinajstić information content (AvgIpc) is 2.97. The zero-order chi connectivity index (χ0) is 13.8. The minimum absolute atomic E-state index is 0.636. The molecule has 3 nitrogen and oxygen atoms in total. The van der Waals surface area contributed by atoms with Crippen LogP contribution in [0.25, 0.3) is 11.3 Å². The van der Waals surface area contributed by atoms with Crippen LogP contribution < -0.4 is 5.32 Å². The van der Waals surface area contributed by atoms with E-state index in [0.29, 0.717) is 6.04 Å². The van der Waals surface area contributed by atoms with Crippen molar-refractivity contribution in [1.29, 1.82) is 0 Å². The molecular formula is C16H21N3S. The molecule has 1 fully saturated rings. The summed E-state index contributed by atoms with van der Waals surface area (Å²) < 4.78 is 0. The van der Waals surface area contributed by atoms with Gasteiger partial charge in [-0.1, -0.05) is 30.3 Å². The summed E-state index contributed by atoms with van der Waals surface area (Å²) in [6.45, 7) is 3.31. The topological polar surface area (TPSA) is 28.2 Å². The number of benzene rings is 1. The summed E-state index contributed by atoms with van der Waals surface area (Å²) >= 11 is 1.77. The Morgan fingerprint density at radius 3 is 3.00 bits per heavy atom. The van der Waals surface area contributed by atoms with E-state index in [0.717, 1.165) is 18.8 Å². The molecule has 106 valence electrons. The quantitative estimate of drug-likeness (QED) is 0.937. The number of aromatic nitrogens is 1. The molecule has 1 aliphatic heterocycles. The number of piperidine rings is 1. The molecule has 0 spiro atoms. The normalized spacial score (nSPS) is 20.1. The minimum Gasteiger partial charge on any atom is -0.316 e. The summed E-state index contributed by atoms with van der Waals surface area (Å²) in [6, 6.07) is 11.1. The maximum Gasteiger partial charge on any atom is 0.107 e. The van der Waals surface area contributed by atoms with Crippen molar-refractivity contribution in [2.45, 2.75) is 25.4 Å². The Kier molecular flexibility index (Phi) is 4.45. The maximum absolute atomic E-state index is 4.78. The summed E-state index contributed by atoms with van der Waals surface area (Å²) in [5.74, 6) is 0. The second-order valence-electron chi connectivity index (χ2n) is 5.36. The van der Waals surface area contributed by atoms with E-state index in [-0.39, 0.29) is 0 Å². The first-order valence-corrected chi connectivity index (χ1v) is 8.12. The number of rotatable bonds is 4. The number of nitrogens with one attached hydrogen (secondary N) is 1. The van der Waals surface area contributed by atoms with Gasteiger partial charge in [-0.3, -0.25) is 4.90 Å². The molecule has 0 bridgehead atoms. The Bertz CT molecular complexity index is 538. The molecule has 1 aliphatic rings. The molecule has 0 aliphatic carbocycles. The van der Waals surface area contributed by atoms with Crippen molar-refractivity contribution in [3.63, 3.8) is 0 Å². The third-order valence-corrected chi connectivity index (χ3v) is 4.73. The van der Waals surface area contributed by atoms with Crippen LogP contribution >= 0.6 is 11.3 Å². The third-order valence-electron chi connectivity index (χ3n) is 3.89. The first-order valence-electron chi connectivity index (χ1n) is 7.24. The molecule has 1 aromatic heterocycles. The van der Waals surface area contributed by atoms with Crippen molar-refractivity contribution in [3.8, 4) is 11.3 Å². The Morgan fingerprint density at radius 2 is 2.20 bits per heavy atom. The van der Waals surface area contributed by atoms with E-state index < -0.39 is 0 Å². The van der Waals surface area contributed by atoms with E-state index in [1.165, 1.54) is 30.0 Å². The zero-order valence-electron chi connectivity index (χ0n) is 11.9. The van der Waals surface area contributed by atoms with Crippen LogP contribution in [0.4, 0.5) is 0 Å². The lowest BCUT2D eigenvalue weighted by atomic mass is 10.1. The van der Waals surface area contributed by atoms with Gasteiger partial charge >= 0.3 is 0 Å². The number of likely N-dealkylation sites (N-methyl/N-ethyl adjacent to an activating group) is 1. The third kappa shape index (κ3) is 3.26. The molecule has 1 atom stereocenters. The molecule has 1 aromatic carbocycles. The van der Waals surface area contributed by atoms with Crippen molar-refractivity contribution in [1.82, 2.24) is 15.2 Å². The molecule has 20 heavy (non-hydrogen) atoms. The highest BCUT2D eigenvalue weighted by atomic mass is 32.1. The average molecular weight is 287 g/mol. The Balaban J connectivity index is 1.65. The van der Waals surface area contributed by atoms with Crippen LogP contribution in [-0.4, -0.2) is 36.1 Å². The molecule has 3 rings (SSSR count). The minimum atomic E-state index is 0.636. The first kappa shape index (κ1) is 13.7. The maximum atomic E-state index is 4.78. The van der Waals surface area contributed by atoms with Gasteiger partial charge in [0.05, 0.1) is 12.2 Å². The van der Waals surface area contributed by atoms with E-state index in [4.69, 9.17) is 4.98 Å². The van der Waals surface area contributed by atoms with Gasteiger partial charge in [0.25, 0.3) is 0 Å². The van der Waals surface area contributed by atoms with Crippen LogP contribution in [0.5, 0.6) is 0 Å². The molecule has 2 heterocycles. The summed E-state index contributed by atoms with van der Waals surface area (Å²) in [4.78, 5) is 7.29. The molecule has 1 N–H and O–H groups in total. The number of hydrogen-bond donors (Lipinski definition) is 1. The van der Waals surface area contributed by atoms with Crippen LogP contribution in [-0.2, 0) is 6.54 Å². The van der Waals surface area contributed by atoms with Gasteiger partial charge in [-0.05, 0) is 26.4 Å². The summed E-state index contributed by atoms with van der Waals surface area (Å²) in [5, 5.41) is 6.79. The van der Waals surface area contributed by atoms with Crippen LogP contribution in [0, 0.1) is 0 Å². The van der Waals surface area contributed by atoms with Gasteiger partial charge in [-0.25, -0.2) is 4.98 Å². The molecule has 0 amide bonds. The second-order valence-corrected chi connectivity index (χ2v) is 6.30. The summed E-state index contributed by atoms with van der Waals surface area (Å²) in [7, 11) is 2.06. The highest BCUT2D eigenvalue weighted by molar-refractivity contribution is 7.09. The van der Waals surface area contributed by atoms with Crippen molar-refractivity contribution < 1.29 is 0 Å². The lowest BCUT2D eigenvalue weighted by Crippen LogP contribution is -2.43. The number of nitrogens with zero attached hydrogens (tertiary/aromatic N) is 2. The van der Waals surface area contributed by atoms with E-state index in [2.05, 4.69) is 46.9 Å². The fourth-order valence-electron chi connectivity index (χ4n) is 2.75. The summed E-state index contributed by atoms with van der Waals surface area (Å²) in [6.07, 6.45) is 2.57. The number of hydrogen-bond acceptors (Lipinski definition) is 4. The predicted molar refractivity (Wildman–Crippen MR) is 84.9 cm³/mol. The number of likely N-dealkylation sites (tertiary alicyclic amines) is 1. The molecular weight excluding hydrogens is 266 g/mol. The van der Waals surface area contributed by atoms with Crippen molar-refractivity contribution in [2.24, 2.45) is 0 Å². The lowest BCUT2D eigenvalue weighted by Gasteiger charge is -2.31. The standard InChI is InChI=1S/C16H21N3S/c1-17-14-8-5-9-19(10-14)11-16-18-15(12-20-16)13-6-3-2-4-7-13/h2-4,6-7,12,14,17H,5,8-11H2,1H3. The molecule has 1 saturated heterocycles. The van der Waals surface area contributed by atoms with Crippen LogP contribution in [0.3, 0.4) is 0 Å². The van der Waals surface area contributed by atoms with E-state index in [1.807, 2.05) is 6.07 Å². The van der Waals surface area contributed by atoms with Crippen molar-refractivity contribution in [3.05, 3.63) is 40.7 Å². The van der Waals surface area contributed by atoms with Gasteiger partial charge in [-0.15, -0.1) is 11.3 Å². The van der Waals surface area contributed by atoms with Crippen molar-refractivity contribution >= 4 is 11.3 Å². The highest BCUT2D eigenvalue weighted by Gasteiger charge is 2.19. The van der Waals surface area contributed by atoms with Gasteiger partial charge in [0.2, 0.25) is 0 Å². The highest BCUT2D eigenvalue weighted by Crippen LogP contribution is 2.23. The molecule has 4 heteroatoms. The SMILES string of the molecule is CNC1CCCN(Cc2nc(-c3ccccc3)cs2)C1. The first-order chi connectivity index (χ1) is 9.85. The van der Waals surface area contributed by atoms with Crippen molar-refractivity contribution in [2.75, 3.05) is 20.1 Å². The van der Waals surface area contributed by atoms with Crippen LogP contribution in [0.2, 0.25) is 0 Å². The van der Waals surface area contributed by atoms with E-state index in [1.54, 1.807) is 11.3 Å². The smallest absolute Gasteiger partial charge is 0.107 e. The van der Waals surface area contributed by atoms with E-state index >= 15 is 0 Å². The fraction of sp³-hybridized carbons (Fsp3) is 0.438. The Labute approximate surface area is 124 Å². The van der Waals surface area contributed by atoms with Gasteiger partial charge < -0.3 is 5.32 Å². The van der Waals surface area contributed by atoms with Gasteiger partial charge in [0.1, 0.15) is 5.01 Å². The Morgan fingerprint density at radius 1 is 1.35 bits per heavy atom. The summed E-state index contributed by atoms with van der Waals surface area (Å²) in [5.41, 5.74) is 2.31. The van der Waals surface area contributed by atoms with Crippen LogP contribution in [0.1, 0.15) is 17.8 Å². The van der Waals surface area contributed by atoms with E-state index in [9.17, 15) is 0 Å². The molecule has 1 unspecified atom stereocenters. The zero-order valence-corrected chi connectivity index (χ0v) is 12.7. The largest absolute Gasteiger partial charge is 0.316 e. The van der Waals surface area contributed by atoms with Crippen LogP contribution in [0.15, 0.2) is 35.7 Å².